The monoisotopic (exact) mass is 472 g/mol. The van der Waals surface area contributed by atoms with E-state index in [0.29, 0.717) is 17.8 Å². The molecule has 1 spiro atoms. The lowest BCUT2D eigenvalue weighted by molar-refractivity contribution is -0.139. The molecule has 4 fully saturated rings. The first kappa shape index (κ1) is 25.9. The van der Waals surface area contributed by atoms with Crippen LogP contribution >= 0.6 is 0 Å². The van der Waals surface area contributed by atoms with Gasteiger partial charge >= 0.3 is 5.97 Å². The molecule has 4 saturated carbocycles. The highest BCUT2D eigenvalue weighted by Gasteiger charge is 2.80. The fourth-order valence-corrected chi connectivity index (χ4v) is 10.1. The van der Waals surface area contributed by atoms with Crippen LogP contribution in [0.5, 0.6) is 0 Å². The van der Waals surface area contributed by atoms with Crippen LogP contribution in [0, 0.1) is 45.3 Å². The summed E-state index contributed by atoms with van der Waals surface area (Å²) < 4.78 is 0. The maximum Gasteiger partial charge on any atom is 0.303 e. The molecule has 0 aromatic heterocycles. The summed E-state index contributed by atoms with van der Waals surface area (Å²) in [7, 11) is 0. The van der Waals surface area contributed by atoms with Crippen molar-refractivity contribution in [3.05, 3.63) is 23.8 Å². The van der Waals surface area contributed by atoms with E-state index in [9.17, 15) is 20.1 Å². The van der Waals surface area contributed by atoms with Gasteiger partial charge in [-0.15, -0.1) is 0 Å². The van der Waals surface area contributed by atoms with E-state index in [1.54, 1.807) is 0 Å². The lowest BCUT2D eigenvalue weighted by Crippen LogP contribution is -2.54. The molecule has 0 radical (unpaired) electrons. The fraction of sp³-hybridized carbons (Fsp3) is 0.833. The average Bonchev–Trinajstić information content (AvgIpc) is 3.39. The molecule has 8 atom stereocenters. The third-order valence-corrected chi connectivity index (χ3v) is 11.9. The molecule has 0 bridgehead atoms. The SMILES string of the molecule is C=C(CO)C1CCC2C3(C)CCC(C(CO)CCC=C(C)C)C3(C)CCC23CC13CCC(=O)O. The number of carboxylic acid groups (broad SMARTS) is 1. The number of fused-ring (bicyclic) bond motifs is 2. The number of carbonyl (C=O) groups is 1. The Hall–Kier alpha value is -1.13. The van der Waals surface area contributed by atoms with Crippen molar-refractivity contribution in [2.24, 2.45) is 45.3 Å². The van der Waals surface area contributed by atoms with Crippen LogP contribution in [0.2, 0.25) is 0 Å². The first-order chi connectivity index (χ1) is 16.0. The van der Waals surface area contributed by atoms with Crippen molar-refractivity contribution in [1.82, 2.24) is 0 Å². The van der Waals surface area contributed by atoms with E-state index in [2.05, 4.69) is 40.3 Å². The van der Waals surface area contributed by atoms with Crippen LogP contribution in [0.4, 0.5) is 0 Å². The smallest absolute Gasteiger partial charge is 0.303 e. The third-order valence-electron chi connectivity index (χ3n) is 11.9. The second-order valence-electron chi connectivity index (χ2n) is 13.2. The van der Waals surface area contributed by atoms with Gasteiger partial charge in [-0.3, -0.25) is 4.79 Å². The van der Waals surface area contributed by atoms with Crippen LogP contribution in [0.1, 0.15) is 98.3 Å². The van der Waals surface area contributed by atoms with Crippen LogP contribution in [0.3, 0.4) is 0 Å². The summed E-state index contributed by atoms with van der Waals surface area (Å²) in [4.78, 5) is 11.6. The number of rotatable bonds is 10. The molecule has 0 saturated heterocycles. The van der Waals surface area contributed by atoms with E-state index >= 15 is 0 Å². The predicted octanol–water partition coefficient (Wildman–Crippen LogP) is 6.37. The highest BCUT2D eigenvalue weighted by Crippen LogP contribution is 2.87. The molecule has 0 heterocycles. The molecule has 4 rings (SSSR count). The highest BCUT2D eigenvalue weighted by atomic mass is 16.4. The zero-order valence-electron chi connectivity index (χ0n) is 22.0. The van der Waals surface area contributed by atoms with Gasteiger partial charge in [0.25, 0.3) is 0 Å². The zero-order valence-corrected chi connectivity index (χ0v) is 22.0. The number of aliphatic hydroxyl groups is 2. The number of hydrogen-bond donors (Lipinski definition) is 3. The normalized spacial score (nSPS) is 43.3. The quantitative estimate of drug-likeness (QED) is 0.323. The van der Waals surface area contributed by atoms with E-state index < -0.39 is 5.97 Å². The van der Waals surface area contributed by atoms with Crippen molar-refractivity contribution in [3.8, 4) is 0 Å². The predicted molar refractivity (Wildman–Crippen MR) is 136 cm³/mol. The number of hydrogen-bond acceptors (Lipinski definition) is 3. The van der Waals surface area contributed by atoms with E-state index in [1.807, 2.05) is 0 Å². The fourth-order valence-electron chi connectivity index (χ4n) is 10.1. The van der Waals surface area contributed by atoms with Gasteiger partial charge in [-0.1, -0.05) is 32.1 Å². The van der Waals surface area contributed by atoms with Crippen LogP contribution in [-0.4, -0.2) is 34.5 Å². The zero-order chi connectivity index (χ0) is 24.9. The molecule has 0 aliphatic heterocycles. The van der Waals surface area contributed by atoms with Gasteiger partial charge < -0.3 is 15.3 Å². The van der Waals surface area contributed by atoms with E-state index in [-0.39, 0.29) is 47.2 Å². The molecule has 0 amide bonds. The maximum absolute atomic E-state index is 11.6. The van der Waals surface area contributed by atoms with Gasteiger partial charge in [-0.05, 0) is 129 Å². The molecule has 192 valence electrons. The first-order valence-corrected chi connectivity index (χ1v) is 13.8. The molecule has 3 N–H and O–H groups in total. The maximum atomic E-state index is 11.6. The Morgan fingerprint density at radius 2 is 1.82 bits per heavy atom. The summed E-state index contributed by atoms with van der Waals surface area (Å²) in [5, 5.41) is 29.9. The molecule has 4 aliphatic rings. The van der Waals surface area contributed by atoms with Gasteiger partial charge in [0, 0.05) is 13.0 Å². The van der Waals surface area contributed by atoms with Gasteiger partial charge in [0.05, 0.1) is 6.61 Å². The lowest BCUT2D eigenvalue weighted by Gasteiger charge is -2.61. The van der Waals surface area contributed by atoms with Gasteiger partial charge in [0.1, 0.15) is 0 Å². The summed E-state index contributed by atoms with van der Waals surface area (Å²) in [6.07, 6.45) is 13.4. The molecule has 0 aromatic rings. The molecular formula is C30H48O4. The van der Waals surface area contributed by atoms with E-state index in [0.717, 1.165) is 37.7 Å². The molecule has 8 unspecified atom stereocenters. The van der Waals surface area contributed by atoms with Crippen LogP contribution in [0.15, 0.2) is 23.8 Å². The lowest BCUT2D eigenvalue weighted by atomic mass is 9.43. The minimum atomic E-state index is -0.707. The second kappa shape index (κ2) is 9.07. The topological polar surface area (TPSA) is 77.8 Å². The summed E-state index contributed by atoms with van der Waals surface area (Å²) in [5.41, 5.74) is 2.95. The summed E-state index contributed by atoms with van der Waals surface area (Å²) in [6, 6.07) is 0. The Morgan fingerprint density at radius 3 is 2.44 bits per heavy atom. The standard InChI is InChI=1S/C30H48O4/c1-20(2)7-6-8-22(18-32)24-11-13-28(5)25-10-9-23(21(3)17-31)29(14-12-26(33)34)19-30(25,29)16-15-27(24,28)4/h7,22-25,31-32H,3,6,8-19H2,1-2,4-5H3,(H,33,34). The molecule has 4 nitrogen and oxygen atoms in total. The van der Waals surface area contributed by atoms with Crippen molar-refractivity contribution in [1.29, 1.82) is 0 Å². The Labute approximate surface area is 206 Å². The minimum Gasteiger partial charge on any atom is -0.481 e. The minimum absolute atomic E-state index is 0.0103. The first-order valence-electron chi connectivity index (χ1n) is 13.8. The van der Waals surface area contributed by atoms with Crippen molar-refractivity contribution >= 4 is 5.97 Å². The number of aliphatic hydroxyl groups excluding tert-OH is 2. The van der Waals surface area contributed by atoms with E-state index in [1.165, 1.54) is 37.7 Å². The molecule has 0 aromatic carbocycles. The van der Waals surface area contributed by atoms with Crippen molar-refractivity contribution in [3.63, 3.8) is 0 Å². The molecule has 34 heavy (non-hydrogen) atoms. The Kier molecular flexibility index (Phi) is 6.92. The number of allylic oxidation sites excluding steroid dienone is 2. The van der Waals surface area contributed by atoms with Crippen LogP contribution < -0.4 is 0 Å². The van der Waals surface area contributed by atoms with Crippen LogP contribution in [0.25, 0.3) is 0 Å². The number of carboxylic acids is 1. The molecular weight excluding hydrogens is 424 g/mol. The largest absolute Gasteiger partial charge is 0.481 e. The van der Waals surface area contributed by atoms with Gasteiger partial charge in [-0.2, -0.15) is 0 Å². The van der Waals surface area contributed by atoms with Gasteiger partial charge in [0.2, 0.25) is 0 Å². The number of aliphatic carboxylic acids is 1. The second-order valence-corrected chi connectivity index (χ2v) is 13.2. The average molecular weight is 473 g/mol. The Morgan fingerprint density at radius 1 is 1.09 bits per heavy atom. The van der Waals surface area contributed by atoms with Crippen molar-refractivity contribution < 1.29 is 20.1 Å². The van der Waals surface area contributed by atoms with Gasteiger partial charge in [-0.25, -0.2) is 0 Å². The van der Waals surface area contributed by atoms with Gasteiger partial charge in [0.15, 0.2) is 0 Å². The Balaban J connectivity index is 1.62. The summed E-state index contributed by atoms with van der Waals surface area (Å²) in [5.74, 6) is 1.08. The summed E-state index contributed by atoms with van der Waals surface area (Å²) >= 11 is 0. The highest BCUT2D eigenvalue weighted by molar-refractivity contribution is 5.67. The van der Waals surface area contributed by atoms with Crippen molar-refractivity contribution in [2.75, 3.05) is 13.2 Å². The molecule has 4 heteroatoms. The van der Waals surface area contributed by atoms with Crippen molar-refractivity contribution in [2.45, 2.75) is 98.3 Å². The third kappa shape index (κ3) is 3.65. The Bertz CT molecular complexity index is 843. The molecule has 4 aliphatic carbocycles. The summed E-state index contributed by atoms with van der Waals surface area (Å²) in [6.45, 7) is 13.9. The van der Waals surface area contributed by atoms with E-state index in [4.69, 9.17) is 0 Å². The van der Waals surface area contributed by atoms with Crippen LogP contribution in [-0.2, 0) is 4.79 Å².